The number of carbonyl (C=O) groups is 1. The Morgan fingerprint density at radius 3 is 2.58 bits per heavy atom. The molecule has 0 radical (unpaired) electrons. The first-order chi connectivity index (χ1) is 8.80. The number of halogens is 4. The van der Waals surface area contributed by atoms with E-state index in [2.05, 4.69) is 14.5 Å². The monoisotopic (exact) mass is 299 g/mol. The normalized spacial score (nSPS) is 11.2. The van der Waals surface area contributed by atoms with E-state index in [4.69, 9.17) is 11.6 Å². The number of esters is 1. The minimum absolute atomic E-state index is 0.0701. The molecule has 0 fully saturated rings. The van der Waals surface area contributed by atoms with Crippen molar-refractivity contribution in [3.05, 3.63) is 27.5 Å². The molecule has 0 saturated heterocycles. The van der Waals surface area contributed by atoms with Crippen molar-refractivity contribution in [1.82, 2.24) is 4.98 Å². The second-order valence-corrected chi connectivity index (χ2v) is 3.52. The van der Waals surface area contributed by atoms with Crippen LogP contribution < -0.4 is 10.2 Å². The Labute approximate surface area is 110 Å². The van der Waals surface area contributed by atoms with Gasteiger partial charge in [-0.1, -0.05) is 0 Å². The molecule has 1 aromatic rings. The van der Waals surface area contributed by atoms with Gasteiger partial charge < -0.3 is 14.5 Å². The number of pyridine rings is 1. The molecule has 1 rings (SSSR count). The van der Waals surface area contributed by atoms with Crippen LogP contribution in [0.1, 0.15) is 22.8 Å². The number of ether oxygens (including phenoxy) is 2. The molecule has 0 unspecified atom stereocenters. The molecule has 19 heavy (non-hydrogen) atoms. The van der Waals surface area contributed by atoms with Gasteiger partial charge in [0.15, 0.2) is 5.56 Å². The fourth-order valence-corrected chi connectivity index (χ4v) is 1.44. The van der Waals surface area contributed by atoms with Crippen LogP contribution in [0.25, 0.3) is 0 Å². The molecular formula is C10H9ClF3NO4. The van der Waals surface area contributed by atoms with Crippen LogP contribution in [0.15, 0.2) is 11.0 Å². The summed E-state index contributed by atoms with van der Waals surface area (Å²) >= 11 is 5.44. The highest BCUT2D eigenvalue weighted by Gasteiger charge is 2.35. The van der Waals surface area contributed by atoms with Crippen molar-refractivity contribution >= 4 is 17.6 Å². The lowest BCUT2D eigenvalue weighted by Crippen LogP contribution is -2.26. The third kappa shape index (κ3) is 3.88. The van der Waals surface area contributed by atoms with E-state index in [1.54, 1.807) is 0 Å². The molecule has 0 bridgehead atoms. The number of alkyl halides is 4. The van der Waals surface area contributed by atoms with Gasteiger partial charge in [-0.25, -0.2) is 4.79 Å². The van der Waals surface area contributed by atoms with Crippen LogP contribution in [0.5, 0.6) is 5.88 Å². The van der Waals surface area contributed by atoms with E-state index in [0.717, 1.165) is 6.20 Å². The number of hydrogen-bond acceptors (Lipinski definition) is 4. The van der Waals surface area contributed by atoms with E-state index >= 15 is 0 Å². The molecule has 0 amide bonds. The Morgan fingerprint density at radius 2 is 2.11 bits per heavy atom. The van der Waals surface area contributed by atoms with Gasteiger partial charge in [-0.3, -0.25) is 4.79 Å². The third-order valence-corrected chi connectivity index (χ3v) is 2.25. The van der Waals surface area contributed by atoms with Crippen LogP contribution in [0.2, 0.25) is 0 Å². The molecule has 0 aliphatic heterocycles. The van der Waals surface area contributed by atoms with E-state index < -0.39 is 29.2 Å². The largest absolute Gasteiger partial charge is 0.574 e. The summed E-state index contributed by atoms with van der Waals surface area (Å²) in [4.78, 5) is 25.3. The zero-order valence-electron chi connectivity index (χ0n) is 9.64. The lowest BCUT2D eigenvalue weighted by Gasteiger charge is -2.12. The zero-order chi connectivity index (χ0) is 14.6. The number of aromatic nitrogens is 1. The summed E-state index contributed by atoms with van der Waals surface area (Å²) in [6, 6.07) is 0. The molecule has 5 nitrogen and oxygen atoms in total. The summed E-state index contributed by atoms with van der Waals surface area (Å²) in [5.74, 6) is -2.51. The summed E-state index contributed by atoms with van der Waals surface area (Å²) in [6.07, 6.45) is -4.11. The van der Waals surface area contributed by atoms with Crippen molar-refractivity contribution in [1.29, 1.82) is 0 Å². The van der Waals surface area contributed by atoms with E-state index in [9.17, 15) is 22.8 Å². The van der Waals surface area contributed by atoms with Crippen LogP contribution in [0.3, 0.4) is 0 Å². The first kappa shape index (κ1) is 15.4. The first-order valence-corrected chi connectivity index (χ1v) is 5.57. The van der Waals surface area contributed by atoms with Crippen molar-refractivity contribution in [3.63, 3.8) is 0 Å². The van der Waals surface area contributed by atoms with Crippen molar-refractivity contribution in [2.45, 2.75) is 19.2 Å². The number of H-pyrrole nitrogens is 1. The molecule has 1 N–H and O–H groups in total. The van der Waals surface area contributed by atoms with Gasteiger partial charge in [0.1, 0.15) is 0 Å². The van der Waals surface area contributed by atoms with Gasteiger partial charge in [0, 0.05) is 11.8 Å². The van der Waals surface area contributed by atoms with Crippen LogP contribution >= 0.6 is 11.6 Å². The number of aromatic amines is 1. The lowest BCUT2D eigenvalue weighted by atomic mass is 10.2. The Balaban J connectivity index is 3.35. The van der Waals surface area contributed by atoms with Crippen molar-refractivity contribution < 1.29 is 27.4 Å². The zero-order valence-corrected chi connectivity index (χ0v) is 10.4. The van der Waals surface area contributed by atoms with Crippen LogP contribution in [0, 0.1) is 0 Å². The number of nitrogens with one attached hydrogen (secondary N) is 1. The fraction of sp³-hybridized carbons (Fsp3) is 0.400. The van der Waals surface area contributed by atoms with Gasteiger partial charge in [0.05, 0.1) is 12.5 Å². The minimum atomic E-state index is -5.05. The minimum Gasteiger partial charge on any atom is -0.462 e. The maximum absolute atomic E-state index is 12.2. The van der Waals surface area contributed by atoms with E-state index in [1.165, 1.54) is 6.92 Å². The predicted molar refractivity (Wildman–Crippen MR) is 59.3 cm³/mol. The molecule has 1 aromatic heterocycles. The van der Waals surface area contributed by atoms with Gasteiger partial charge in [-0.2, -0.15) is 0 Å². The molecule has 1 heterocycles. The molecule has 106 valence electrons. The van der Waals surface area contributed by atoms with Crippen molar-refractivity contribution in [3.8, 4) is 5.88 Å². The Kier molecular flexibility index (Phi) is 4.82. The summed E-state index contributed by atoms with van der Waals surface area (Å²) < 4.78 is 44.6. The summed E-state index contributed by atoms with van der Waals surface area (Å²) in [5.41, 5.74) is -1.90. The van der Waals surface area contributed by atoms with E-state index in [-0.39, 0.29) is 18.1 Å². The number of hydrogen-bond donors (Lipinski definition) is 1. The van der Waals surface area contributed by atoms with Gasteiger partial charge in [-0.15, -0.1) is 24.8 Å². The van der Waals surface area contributed by atoms with Gasteiger partial charge >= 0.3 is 12.3 Å². The molecule has 0 aliphatic carbocycles. The average Bonchev–Trinajstić information content (AvgIpc) is 2.27. The summed E-state index contributed by atoms with van der Waals surface area (Å²) in [7, 11) is 0. The highest BCUT2D eigenvalue weighted by atomic mass is 35.5. The lowest BCUT2D eigenvalue weighted by molar-refractivity contribution is -0.276. The Morgan fingerprint density at radius 1 is 1.47 bits per heavy atom. The van der Waals surface area contributed by atoms with Crippen molar-refractivity contribution in [2.24, 2.45) is 0 Å². The van der Waals surface area contributed by atoms with Crippen LogP contribution in [0.4, 0.5) is 13.2 Å². The maximum atomic E-state index is 12.2. The van der Waals surface area contributed by atoms with Gasteiger partial charge in [0.2, 0.25) is 11.3 Å². The van der Waals surface area contributed by atoms with Crippen LogP contribution in [-0.2, 0) is 10.6 Å². The third-order valence-electron chi connectivity index (χ3n) is 1.96. The molecule has 0 aromatic carbocycles. The standard InChI is InChI=1S/C10H9ClF3NO4/c1-2-18-9(17)6-7(16)5(3-11)4-15-8(6)19-10(12,13)14/h4H,2-3H2,1H3,(H,15,16). The summed E-state index contributed by atoms with van der Waals surface area (Å²) in [6.45, 7) is 1.34. The molecule has 0 atom stereocenters. The maximum Gasteiger partial charge on any atom is 0.574 e. The SMILES string of the molecule is CCOC(=O)c1c(OC(F)(F)F)[nH]cc(CCl)c1=O. The highest BCUT2D eigenvalue weighted by Crippen LogP contribution is 2.23. The van der Waals surface area contributed by atoms with E-state index in [1.807, 2.05) is 0 Å². The summed E-state index contributed by atoms with van der Waals surface area (Å²) in [5, 5.41) is 0. The second-order valence-electron chi connectivity index (χ2n) is 3.25. The quantitative estimate of drug-likeness (QED) is 0.683. The fourth-order valence-electron chi connectivity index (χ4n) is 1.24. The molecule has 0 aliphatic rings. The molecular weight excluding hydrogens is 291 g/mol. The molecule has 9 heteroatoms. The van der Waals surface area contributed by atoms with Gasteiger partial charge in [-0.05, 0) is 6.92 Å². The number of carbonyl (C=O) groups excluding carboxylic acids is 1. The highest BCUT2D eigenvalue weighted by molar-refractivity contribution is 6.17. The van der Waals surface area contributed by atoms with Crippen molar-refractivity contribution in [2.75, 3.05) is 6.61 Å². The topological polar surface area (TPSA) is 68.4 Å². The predicted octanol–water partition coefficient (Wildman–Crippen LogP) is 2.19. The van der Waals surface area contributed by atoms with E-state index in [0.29, 0.717) is 0 Å². The second kappa shape index (κ2) is 5.96. The Bertz CT molecular complexity index is 526. The Hall–Kier alpha value is -1.70. The van der Waals surface area contributed by atoms with Gasteiger partial charge in [0.25, 0.3) is 0 Å². The smallest absolute Gasteiger partial charge is 0.462 e. The average molecular weight is 300 g/mol. The number of rotatable bonds is 4. The first-order valence-electron chi connectivity index (χ1n) is 5.03. The van der Waals surface area contributed by atoms with Crippen LogP contribution in [-0.4, -0.2) is 23.9 Å². The molecule has 0 spiro atoms. The molecule has 0 saturated carbocycles.